The second-order valence-corrected chi connectivity index (χ2v) is 9.03. The van der Waals surface area contributed by atoms with Crippen LogP contribution < -0.4 is 15.5 Å². The molecule has 0 fully saturated rings. The molecule has 0 spiro atoms. The Morgan fingerprint density at radius 3 is 2.28 bits per heavy atom. The van der Waals surface area contributed by atoms with Gasteiger partial charge in [0.1, 0.15) is 10.7 Å². The number of halogens is 5. The molecule has 36 heavy (non-hydrogen) atoms. The Morgan fingerprint density at radius 2 is 1.61 bits per heavy atom. The lowest BCUT2D eigenvalue weighted by molar-refractivity contribution is -0.137. The number of carbonyl (C=O) groups excluding carboxylic acids is 3. The van der Waals surface area contributed by atoms with Gasteiger partial charge in [-0.2, -0.15) is 13.2 Å². The number of anilines is 3. The van der Waals surface area contributed by atoms with Crippen molar-refractivity contribution in [1.29, 1.82) is 0 Å². The zero-order valence-corrected chi connectivity index (χ0v) is 20.5. The minimum absolute atomic E-state index is 0.0942. The van der Waals surface area contributed by atoms with E-state index in [0.29, 0.717) is 27.9 Å². The molecular formula is C25H16BrClF3N3O3. The van der Waals surface area contributed by atoms with Gasteiger partial charge in [-0.05, 0) is 54.1 Å². The molecule has 11 heteroatoms. The van der Waals surface area contributed by atoms with E-state index in [1.807, 2.05) is 6.07 Å². The van der Waals surface area contributed by atoms with E-state index in [-0.39, 0.29) is 23.7 Å². The van der Waals surface area contributed by atoms with Crippen molar-refractivity contribution in [3.05, 3.63) is 99.1 Å². The van der Waals surface area contributed by atoms with Crippen LogP contribution in [-0.4, -0.2) is 17.7 Å². The number of nitrogens with one attached hydrogen (secondary N) is 2. The van der Waals surface area contributed by atoms with Crippen LogP contribution in [0.4, 0.5) is 30.2 Å². The van der Waals surface area contributed by atoms with Gasteiger partial charge in [0.05, 0.1) is 17.7 Å². The Morgan fingerprint density at radius 1 is 0.917 bits per heavy atom. The molecule has 0 aromatic heterocycles. The van der Waals surface area contributed by atoms with Crippen molar-refractivity contribution in [2.45, 2.75) is 12.6 Å². The summed E-state index contributed by atoms with van der Waals surface area (Å²) in [7, 11) is 0. The first-order valence-electron chi connectivity index (χ1n) is 10.4. The van der Waals surface area contributed by atoms with Crippen LogP contribution in [-0.2, 0) is 27.0 Å². The minimum Gasteiger partial charge on any atom is -0.350 e. The maximum Gasteiger partial charge on any atom is 0.416 e. The highest BCUT2D eigenvalue weighted by Crippen LogP contribution is 2.35. The summed E-state index contributed by atoms with van der Waals surface area (Å²) in [6, 6.07) is 17.5. The summed E-state index contributed by atoms with van der Waals surface area (Å²) >= 11 is 9.40. The average Bonchev–Trinajstić information content (AvgIpc) is 3.03. The quantitative estimate of drug-likeness (QED) is 0.347. The van der Waals surface area contributed by atoms with Crippen LogP contribution in [0.5, 0.6) is 0 Å². The van der Waals surface area contributed by atoms with Crippen molar-refractivity contribution < 1.29 is 27.6 Å². The van der Waals surface area contributed by atoms with E-state index in [2.05, 4.69) is 26.6 Å². The van der Waals surface area contributed by atoms with Gasteiger partial charge in [-0.15, -0.1) is 0 Å². The van der Waals surface area contributed by atoms with Crippen LogP contribution in [0.25, 0.3) is 0 Å². The Bertz CT molecular complexity index is 1390. The highest BCUT2D eigenvalue weighted by molar-refractivity contribution is 9.10. The summed E-state index contributed by atoms with van der Waals surface area (Å²) in [5.74, 6) is -2.06. The Balaban J connectivity index is 1.44. The van der Waals surface area contributed by atoms with E-state index in [4.69, 9.17) is 11.6 Å². The van der Waals surface area contributed by atoms with Crippen molar-refractivity contribution in [1.82, 2.24) is 0 Å². The van der Waals surface area contributed by atoms with Gasteiger partial charge in [-0.3, -0.25) is 14.4 Å². The lowest BCUT2D eigenvalue weighted by Gasteiger charge is -2.17. The van der Waals surface area contributed by atoms with Crippen LogP contribution in [0.3, 0.4) is 0 Å². The molecule has 1 aliphatic rings. The van der Waals surface area contributed by atoms with Crippen LogP contribution in [0.2, 0.25) is 0 Å². The molecule has 0 aliphatic carbocycles. The van der Waals surface area contributed by atoms with Crippen molar-refractivity contribution in [2.24, 2.45) is 0 Å². The van der Waals surface area contributed by atoms with Crippen molar-refractivity contribution in [3.63, 3.8) is 0 Å². The molecule has 0 bridgehead atoms. The molecule has 0 saturated carbocycles. The molecular weight excluding hydrogens is 563 g/mol. The third kappa shape index (κ3) is 5.60. The third-order valence-corrected chi connectivity index (χ3v) is 6.00. The van der Waals surface area contributed by atoms with E-state index in [0.717, 1.165) is 16.6 Å². The lowest BCUT2D eigenvalue weighted by atomic mass is 10.1. The standard InChI is InChI=1S/C25H16BrClF3N3O3/c26-16-4-2-5-18(13-16)31-20(34)11-14-7-9-17(10-8-14)32-22-21(27)23(35)33(24(22)36)19-6-1-3-15(12-19)25(28,29)30/h1-10,12-13,32H,11H2,(H,31,34). The number of amides is 3. The zero-order valence-electron chi connectivity index (χ0n) is 18.2. The summed E-state index contributed by atoms with van der Waals surface area (Å²) in [6.45, 7) is 0. The Labute approximate surface area is 216 Å². The fourth-order valence-corrected chi connectivity index (χ4v) is 4.09. The molecule has 0 radical (unpaired) electrons. The van der Waals surface area contributed by atoms with Crippen molar-refractivity contribution >= 4 is 62.3 Å². The van der Waals surface area contributed by atoms with Gasteiger partial charge >= 0.3 is 6.18 Å². The summed E-state index contributed by atoms with van der Waals surface area (Å²) in [4.78, 5) is 38.3. The molecule has 2 N–H and O–H groups in total. The molecule has 3 amide bonds. The van der Waals surface area contributed by atoms with Crippen LogP contribution in [0.15, 0.2) is 88.0 Å². The molecule has 0 unspecified atom stereocenters. The van der Waals surface area contributed by atoms with Gasteiger partial charge in [0, 0.05) is 15.8 Å². The SMILES string of the molecule is O=C(Cc1ccc(NC2=C(Cl)C(=O)N(c3cccc(C(F)(F)F)c3)C2=O)cc1)Nc1cccc(Br)c1. The van der Waals surface area contributed by atoms with Gasteiger partial charge in [0.15, 0.2) is 0 Å². The Kier molecular flexibility index (Phi) is 7.18. The highest BCUT2D eigenvalue weighted by atomic mass is 79.9. The molecule has 3 aromatic carbocycles. The molecule has 4 rings (SSSR count). The van der Waals surface area contributed by atoms with Gasteiger partial charge in [-0.25, -0.2) is 4.90 Å². The predicted octanol–water partition coefficient (Wildman–Crippen LogP) is 6.08. The van der Waals surface area contributed by atoms with E-state index < -0.39 is 28.6 Å². The van der Waals surface area contributed by atoms with Gasteiger partial charge in [0.2, 0.25) is 5.91 Å². The first-order valence-corrected chi connectivity index (χ1v) is 11.6. The third-order valence-electron chi connectivity index (χ3n) is 5.16. The summed E-state index contributed by atoms with van der Waals surface area (Å²) < 4.78 is 40.0. The van der Waals surface area contributed by atoms with E-state index in [9.17, 15) is 27.6 Å². The first-order chi connectivity index (χ1) is 17.0. The number of hydrogen-bond acceptors (Lipinski definition) is 4. The Hall–Kier alpha value is -3.63. The normalized spacial score (nSPS) is 13.9. The van der Waals surface area contributed by atoms with Crippen molar-refractivity contribution in [2.75, 3.05) is 15.5 Å². The summed E-state index contributed by atoms with van der Waals surface area (Å²) in [5, 5.41) is 5.09. The number of imide groups is 1. The minimum atomic E-state index is -4.64. The maximum atomic E-state index is 13.1. The molecule has 1 aliphatic heterocycles. The van der Waals surface area contributed by atoms with Gasteiger partial charge < -0.3 is 10.6 Å². The highest BCUT2D eigenvalue weighted by Gasteiger charge is 2.40. The molecule has 6 nitrogen and oxygen atoms in total. The van der Waals surface area contributed by atoms with Crippen molar-refractivity contribution in [3.8, 4) is 0 Å². The van der Waals surface area contributed by atoms with E-state index >= 15 is 0 Å². The fraction of sp³-hybridized carbons (Fsp3) is 0.0800. The van der Waals surface area contributed by atoms with Gasteiger partial charge in [0.25, 0.3) is 11.8 Å². The van der Waals surface area contributed by atoms with E-state index in [1.165, 1.54) is 6.07 Å². The molecule has 1 heterocycles. The summed E-state index contributed by atoms with van der Waals surface area (Å²) in [6.07, 6.45) is -4.55. The maximum absolute atomic E-state index is 13.1. The van der Waals surface area contributed by atoms with Gasteiger partial charge in [-0.1, -0.05) is 51.8 Å². The molecule has 0 saturated heterocycles. The van der Waals surface area contributed by atoms with Crippen LogP contribution in [0.1, 0.15) is 11.1 Å². The number of nitrogens with zero attached hydrogens (tertiary/aromatic N) is 1. The van der Waals surface area contributed by atoms with Crippen LogP contribution in [0, 0.1) is 0 Å². The molecule has 0 atom stereocenters. The molecule has 3 aromatic rings. The monoisotopic (exact) mass is 577 g/mol. The smallest absolute Gasteiger partial charge is 0.350 e. The average molecular weight is 579 g/mol. The molecule has 184 valence electrons. The van der Waals surface area contributed by atoms with Crippen LogP contribution >= 0.6 is 27.5 Å². The largest absolute Gasteiger partial charge is 0.416 e. The summed E-state index contributed by atoms with van der Waals surface area (Å²) in [5.41, 5.74) is 0.210. The topological polar surface area (TPSA) is 78.5 Å². The second-order valence-electron chi connectivity index (χ2n) is 7.74. The first kappa shape index (κ1) is 25.5. The second kappa shape index (κ2) is 10.2. The number of benzene rings is 3. The van der Waals surface area contributed by atoms with E-state index in [1.54, 1.807) is 42.5 Å². The predicted molar refractivity (Wildman–Crippen MR) is 133 cm³/mol. The number of alkyl halides is 3. The number of carbonyl (C=O) groups is 3. The number of rotatable bonds is 6. The number of hydrogen-bond donors (Lipinski definition) is 2. The lowest BCUT2D eigenvalue weighted by Crippen LogP contribution is -2.32. The fourth-order valence-electron chi connectivity index (χ4n) is 3.47. The zero-order chi connectivity index (χ0) is 26.0.